The summed E-state index contributed by atoms with van der Waals surface area (Å²) >= 11 is 0. The minimum Gasteiger partial charge on any atom is -0.413 e. The van der Waals surface area contributed by atoms with E-state index in [1.807, 2.05) is 49.1 Å². The van der Waals surface area contributed by atoms with Crippen LogP contribution in [0.5, 0.6) is 0 Å². The molecule has 0 fully saturated rings. The molecule has 4 aromatic heterocycles. The van der Waals surface area contributed by atoms with E-state index in [1.54, 1.807) is 0 Å². The van der Waals surface area contributed by atoms with E-state index in [-0.39, 0.29) is 0 Å². The van der Waals surface area contributed by atoms with Gasteiger partial charge in [-0.05, 0) is 24.3 Å². The highest BCUT2D eigenvalue weighted by atomic mass is 16.4. The van der Waals surface area contributed by atoms with Crippen LogP contribution in [0.1, 0.15) is 5.56 Å². The quantitative estimate of drug-likeness (QED) is 0.435. The lowest BCUT2D eigenvalue weighted by Crippen LogP contribution is -2.32. The first-order valence-corrected chi connectivity index (χ1v) is 8.21. The van der Waals surface area contributed by atoms with E-state index in [2.05, 4.69) is 37.3 Å². The highest BCUT2D eigenvalue weighted by molar-refractivity contribution is 6.03. The van der Waals surface area contributed by atoms with Gasteiger partial charge in [0.25, 0.3) is 5.89 Å². The van der Waals surface area contributed by atoms with Gasteiger partial charge in [-0.2, -0.15) is 9.13 Å². The number of para-hydroxylation sites is 1. The minimum absolute atomic E-state index is 0.788. The molecule has 0 amide bonds. The highest BCUT2D eigenvalue weighted by Crippen LogP contribution is 2.36. The zero-order chi connectivity index (χ0) is 16.4. The molecule has 0 unspecified atom stereocenters. The number of hydrogen-bond acceptors (Lipinski definition) is 3. The van der Waals surface area contributed by atoms with Crippen molar-refractivity contribution in [2.24, 2.45) is 0 Å². The van der Waals surface area contributed by atoms with Crippen molar-refractivity contribution in [3.05, 3.63) is 72.8 Å². The third-order valence-electron chi connectivity index (χ3n) is 4.88. The number of benzene rings is 1. The molecule has 0 spiro atoms. The predicted octanol–water partition coefficient (Wildman–Crippen LogP) is 3.48. The van der Waals surface area contributed by atoms with E-state index in [0.717, 1.165) is 45.8 Å². The summed E-state index contributed by atoms with van der Waals surface area (Å²) in [6.45, 7) is 0.788. The number of nitrogens with zero attached hydrogens (tertiary/aromatic N) is 4. The maximum atomic E-state index is 6.33. The van der Waals surface area contributed by atoms with Crippen molar-refractivity contribution in [3.63, 3.8) is 0 Å². The Hall–Kier alpha value is -3.47. The van der Waals surface area contributed by atoms with Crippen LogP contribution in [0.2, 0.25) is 0 Å². The largest absolute Gasteiger partial charge is 0.413 e. The maximum Gasteiger partial charge on any atom is 0.334 e. The Bertz CT molecular complexity index is 1270. The van der Waals surface area contributed by atoms with Gasteiger partial charge in [-0.15, -0.1) is 0 Å². The summed E-state index contributed by atoms with van der Waals surface area (Å²) in [5, 5.41) is 1.07. The van der Waals surface area contributed by atoms with Crippen molar-refractivity contribution < 1.29 is 8.98 Å². The average Bonchev–Trinajstić information content (AvgIpc) is 3.30. The van der Waals surface area contributed by atoms with Gasteiger partial charge in [-0.25, -0.2) is 0 Å². The summed E-state index contributed by atoms with van der Waals surface area (Å²) in [6, 6.07) is 14.4. The summed E-state index contributed by atoms with van der Waals surface area (Å²) < 4.78 is 10.8. The van der Waals surface area contributed by atoms with Gasteiger partial charge in [0.05, 0.1) is 17.1 Å². The van der Waals surface area contributed by atoms with Crippen LogP contribution in [-0.2, 0) is 6.54 Å². The van der Waals surface area contributed by atoms with Crippen molar-refractivity contribution in [1.82, 2.24) is 14.5 Å². The fourth-order valence-electron chi connectivity index (χ4n) is 3.79. The monoisotopic (exact) mass is 325 g/mol. The van der Waals surface area contributed by atoms with Crippen LogP contribution in [-0.4, -0.2) is 14.5 Å². The molecule has 1 aromatic carbocycles. The van der Waals surface area contributed by atoms with Crippen molar-refractivity contribution in [2.45, 2.75) is 6.54 Å². The van der Waals surface area contributed by atoms with E-state index in [0.29, 0.717) is 0 Å². The second-order valence-corrected chi connectivity index (χ2v) is 6.24. The molecule has 0 N–H and O–H groups in total. The molecule has 6 rings (SSSR count). The van der Waals surface area contributed by atoms with Gasteiger partial charge >= 0.3 is 5.65 Å². The van der Waals surface area contributed by atoms with Crippen LogP contribution in [0.25, 0.3) is 39.3 Å². The van der Waals surface area contributed by atoms with E-state index >= 15 is 0 Å². The lowest BCUT2D eigenvalue weighted by Gasteiger charge is -1.99. The molecule has 0 bridgehead atoms. The van der Waals surface area contributed by atoms with Crippen LogP contribution >= 0.6 is 0 Å². The fraction of sp³-hybridized carbons (Fsp3) is 0.0500. The van der Waals surface area contributed by atoms with Crippen LogP contribution in [0, 0.1) is 0 Å². The molecular weight excluding hydrogens is 312 g/mol. The molecule has 1 aliphatic rings. The Morgan fingerprint density at radius 2 is 1.80 bits per heavy atom. The van der Waals surface area contributed by atoms with Gasteiger partial charge in [-0.3, -0.25) is 9.97 Å². The summed E-state index contributed by atoms with van der Waals surface area (Å²) in [5.74, 6) is 0.872. The van der Waals surface area contributed by atoms with E-state index in [4.69, 9.17) is 4.42 Å². The molecule has 5 heteroatoms. The van der Waals surface area contributed by atoms with Gasteiger partial charge < -0.3 is 4.42 Å². The lowest BCUT2D eigenvalue weighted by atomic mass is 10.2. The Morgan fingerprint density at radius 1 is 0.960 bits per heavy atom. The first-order chi connectivity index (χ1) is 12.4. The van der Waals surface area contributed by atoms with Crippen LogP contribution in [0.4, 0.5) is 0 Å². The third kappa shape index (κ3) is 1.59. The molecule has 25 heavy (non-hydrogen) atoms. The smallest absolute Gasteiger partial charge is 0.334 e. The SMILES string of the molecule is c1ccc(-n2c3cnccc3c3oc4[n+](c32)Cc2ccncc2-4)cc1. The first-order valence-electron chi connectivity index (χ1n) is 8.21. The molecular formula is C20H13N4O+. The second-order valence-electron chi connectivity index (χ2n) is 6.24. The van der Waals surface area contributed by atoms with Crippen molar-refractivity contribution in [3.8, 4) is 17.1 Å². The van der Waals surface area contributed by atoms with Crippen molar-refractivity contribution >= 4 is 22.1 Å². The summed E-state index contributed by atoms with van der Waals surface area (Å²) in [5.41, 5.74) is 6.40. The van der Waals surface area contributed by atoms with Gasteiger partial charge in [-0.1, -0.05) is 18.2 Å². The topological polar surface area (TPSA) is 47.7 Å². The number of rotatable bonds is 1. The normalized spacial score (nSPS) is 12.6. The number of pyridine rings is 2. The van der Waals surface area contributed by atoms with Gasteiger partial charge in [0.1, 0.15) is 12.2 Å². The second kappa shape index (κ2) is 4.54. The molecule has 0 saturated heterocycles. The number of oxazole rings is 1. The number of aromatic nitrogens is 4. The highest BCUT2D eigenvalue weighted by Gasteiger charge is 2.35. The third-order valence-corrected chi connectivity index (χ3v) is 4.88. The standard InChI is InChI=1S/C20H13N4O/c1-2-4-14(5-3-1)24-17-11-22-9-7-15(17)18-19(24)23-12-13-6-8-21-10-16(13)20(23)25-18/h1-11H,12H2/q+1. The lowest BCUT2D eigenvalue weighted by molar-refractivity contribution is -0.651. The molecule has 0 saturated carbocycles. The zero-order valence-corrected chi connectivity index (χ0v) is 13.3. The van der Waals surface area contributed by atoms with E-state index in [9.17, 15) is 0 Å². The van der Waals surface area contributed by atoms with Gasteiger partial charge in [0, 0.05) is 24.2 Å². The Kier molecular flexibility index (Phi) is 2.34. The Balaban J connectivity index is 1.79. The number of hydrogen-bond donors (Lipinski definition) is 0. The molecule has 0 radical (unpaired) electrons. The average molecular weight is 325 g/mol. The van der Waals surface area contributed by atoms with Crippen molar-refractivity contribution in [1.29, 1.82) is 0 Å². The summed E-state index contributed by atoms with van der Waals surface area (Å²) in [7, 11) is 0. The summed E-state index contributed by atoms with van der Waals surface area (Å²) in [4.78, 5) is 8.59. The molecule has 1 aliphatic heterocycles. The Morgan fingerprint density at radius 3 is 2.72 bits per heavy atom. The Labute approximate surface area is 142 Å². The van der Waals surface area contributed by atoms with Crippen molar-refractivity contribution in [2.75, 3.05) is 0 Å². The van der Waals surface area contributed by atoms with Gasteiger partial charge in [0.15, 0.2) is 5.52 Å². The fourth-order valence-corrected chi connectivity index (χ4v) is 3.79. The molecule has 118 valence electrons. The van der Waals surface area contributed by atoms with Crippen LogP contribution < -0.4 is 4.57 Å². The number of fused-ring (bicyclic) bond motifs is 7. The maximum absolute atomic E-state index is 6.33. The molecule has 5 nitrogen and oxygen atoms in total. The molecule has 0 aliphatic carbocycles. The minimum atomic E-state index is 0.788. The van der Waals surface area contributed by atoms with E-state index in [1.165, 1.54) is 5.56 Å². The zero-order valence-electron chi connectivity index (χ0n) is 13.3. The van der Waals surface area contributed by atoms with Crippen LogP contribution in [0.15, 0.2) is 71.7 Å². The first kappa shape index (κ1) is 12.9. The predicted molar refractivity (Wildman–Crippen MR) is 93.4 cm³/mol. The molecule has 5 heterocycles. The summed E-state index contributed by atoms with van der Waals surface area (Å²) in [6.07, 6.45) is 7.42. The van der Waals surface area contributed by atoms with Gasteiger partial charge in [0.2, 0.25) is 5.58 Å². The molecule has 0 atom stereocenters. The van der Waals surface area contributed by atoms with E-state index < -0.39 is 0 Å². The van der Waals surface area contributed by atoms with Crippen LogP contribution in [0.3, 0.4) is 0 Å². The molecule has 5 aromatic rings.